The van der Waals surface area contributed by atoms with Crippen molar-refractivity contribution in [3.05, 3.63) is 53.7 Å². The zero-order valence-electron chi connectivity index (χ0n) is 16.8. The lowest BCUT2D eigenvalue weighted by Gasteiger charge is -2.16. The van der Waals surface area contributed by atoms with Crippen molar-refractivity contribution in [1.29, 1.82) is 0 Å². The Morgan fingerprint density at radius 1 is 1.11 bits per heavy atom. The lowest BCUT2D eigenvalue weighted by Crippen LogP contribution is -2.36. The van der Waals surface area contributed by atoms with E-state index in [0.717, 1.165) is 16.9 Å². The summed E-state index contributed by atoms with van der Waals surface area (Å²) in [6, 6.07) is 12.0. The number of rotatable bonds is 6. The molecule has 1 N–H and O–H groups in total. The molecule has 28 heavy (non-hydrogen) atoms. The molecule has 3 aromatic rings. The van der Waals surface area contributed by atoms with E-state index >= 15 is 0 Å². The molecule has 7 heteroatoms. The van der Waals surface area contributed by atoms with Gasteiger partial charge < -0.3 is 5.32 Å². The molecule has 0 spiro atoms. The number of carbonyl (C=O) groups is 1. The van der Waals surface area contributed by atoms with Crippen molar-refractivity contribution in [3.63, 3.8) is 0 Å². The SMILES string of the molecule is Cc1ccc(-n2c(S[C@H](C)C(=O)NC(C)C)nnc2-c2ccccn2)c(C)c1. The summed E-state index contributed by atoms with van der Waals surface area (Å²) in [5.41, 5.74) is 4.02. The molecule has 0 bridgehead atoms. The summed E-state index contributed by atoms with van der Waals surface area (Å²) in [5, 5.41) is 12.1. The van der Waals surface area contributed by atoms with Crippen LogP contribution in [0.15, 0.2) is 47.8 Å². The Labute approximate surface area is 169 Å². The fourth-order valence-electron chi connectivity index (χ4n) is 2.89. The summed E-state index contributed by atoms with van der Waals surface area (Å²) in [6.07, 6.45) is 1.74. The van der Waals surface area contributed by atoms with Gasteiger partial charge in [-0.1, -0.05) is 35.5 Å². The molecule has 0 saturated carbocycles. The third-order valence-corrected chi connectivity index (χ3v) is 5.25. The largest absolute Gasteiger partial charge is 0.353 e. The smallest absolute Gasteiger partial charge is 0.233 e. The summed E-state index contributed by atoms with van der Waals surface area (Å²) in [6.45, 7) is 9.91. The number of nitrogens with zero attached hydrogens (tertiary/aromatic N) is 4. The molecule has 2 aromatic heterocycles. The molecule has 1 amide bonds. The summed E-state index contributed by atoms with van der Waals surface area (Å²) in [7, 11) is 0. The monoisotopic (exact) mass is 395 g/mol. The molecule has 0 aliphatic heterocycles. The van der Waals surface area contributed by atoms with Crippen molar-refractivity contribution in [2.75, 3.05) is 0 Å². The zero-order chi connectivity index (χ0) is 20.3. The highest BCUT2D eigenvalue weighted by Crippen LogP contribution is 2.31. The van der Waals surface area contributed by atoms with E-state index in [4.69, 9.17) is 0 Å². The Hall–Kier alpha value is -2.67. The number of amides is 1. The summed E-state index contributed by atoms with van der Waals surface area (Å²) < 4.78 is 1.99. The number of aryl methyl sites for hydroxylation is 2. The third-order valence-electron chi connectivity index (χ3n) is 4.20. The average Bonchev–Trinajstić information content (AvgIpc) is 3.05. The lowest BCUT2D eigenvalue weighted by molar-refractivity contribution is -0.120. The van der Waals surface area contributed by atoms with Crippen molar-refractivity contribution in [2.45, 2.75) is 51.1 Å². The molecule has 0 saturated heterocycles. The molecule has 1 aromatic carbocycles. The van der Waals surface area contributed by atoms with Crippen LogP contribution in [-0.4, -0.2) is 36.9 Å². The first-order valence-corrected chi connectivity index (χ1v) is 10.2. The quantitative estimate of drug-likeness (QED) is 0.640. The van der Waals surface area contributed by atoms with Gasteiger partial charge in [0.2, 0.25) is 5.91 Å². The van der Waals surface area contributed by atoms with Crippen LogP contribution >= 0.6 is 11.8 Å². The van der Waals surface area contributed by atoms with Gasteiger partial charge in [0.15, 0.2) is 11.0 Å². The highest BCUT2D eigenvalue weighted by molar-refractivity contribution is 8.00. The van der Waals surface area contributed by atoms with Gasteiger partial charge in [0, 0.05) is 12.2 Å². The molecule has 3 rings (SSSR count). The minimum absolute atomic E-state index is 0.0189. The fraction of sp³-hybridized carbons (Fsp3) is 0.333. The van der Waals surface area contributed by atoms with Crippen molar-refractivity contribution < 1.29 is 4.79 Å². The van der Waals surface area contributed by atoms with E-state index in [2.05, 4.69) is 52.5 Å². The van der Waals surface area contributed by atoms with Gasteiger partial charge in [0.1, 0.15) is 5.69 Å². The number of benzene rings is 1. The van der Waals surface area contributed by atoms with Gasteiger partial charge in [0.05, 0.1) is 10.9 Å². The van der Waals surface area contributed by atoms with E-state index in [-0.39, 0.29) is 17.2 Å². The normalized spacial score (nSPS) is 12.2. The number of hydrogen-bond acceptors (Lipinski definition) is 5. The predicted octanol–water partition coefficient (Wildman–Crippen LogP) is 3.95. The van der Waals surface area contributed by atoms with E-state index < -0.39 is 0 Å². The fourth-order valence-corrected chi connectivity index (χ4v) is 3.76. The minimum Gasteiger partial charge on any atom is -0.353 e. The van der Waals surface area contributed by atoms with Gasteiger partial charge in [-0.05, 0) is 58.4 Å². The van der Waals surface area contributed by atoms with Gasteiger partial charge in [-0.25, -0.2) is 0 Å². The van der Waals surface area contributed by atoms with Crippen LogP contribution in [0, 0.1) is 13.8 Å². The van der Waals surface area contributed by atoms with Crippen molar-refractivity contribution >= 4 is 17.7 Å². The first kappa shape index (κ1) is 20.1. The van der Waals surface area contributed by atoms with Crippen LogP contribution < -0.4 is 5.32 Å². The average molecular weight is 396 g/mol. The molecular weight excluding hydrogens is 370 g/mol. The third kappa shape index (κ3) is 4.42. The van der Waals surface area contributed by atoms with Crippen molar-refractivity contribution in [1.82, 2.24) is 25.1 Å². The summed E-state index contributed by atoms with van der Waals surface area (Å²) >= 11 is 1.39. The topological polar surface area (TPSA) is 72.7 Å². The molecule has 0 aliphatic carbocycles. The van der Waals surface area contributed by atoms with E-state index in [0.29, 0.717) is 11.0 Å². The highest BCUT2D eigenvalue weighted by Gasteiger charge is 2.23. The minimum atomic E-state index is -0.298. The van der Waals surface area contributed by atoms with Crippen LogP contribution in [-0.2, 0) is 4.79 Å². The van der Waals surface area contributed by atoms with Gasteiger partial charge in [0.25, 0.3) is 0 Å². The van der Waals surface area contributed by atoms with Crippen LogP contribution in [0.4, 0.5) is 0 Å². The maximum absolute atomic E-state index is 12.4. The standard InChI is InChI=1S/C21H25N5OS/c1-13(2)23-20(27)16(5)28-21-25-24-19(17-8-6-7-11-22-17)26(21)18-10-9-14(3)12-15(18)4/h6-13,16H,1-5H3,(H,23,27)/t16-/m1/s1. The second-order valence-electron chi connectivity index (χ2n) is 7.07. The van der Waals surface area contributed by atoms with Crippen LogP contribution in [0.5, 0.6) is 0 Å². The lowest BCUT2D eigenvalue weighted by atomic mass is 10.1. The molecule has 1 atom stereocenters. The van der Waals surface area contributed by atoms with Crippen LogP contribution in [0.3, 0.4) is 0 Å². The van der Waals surface area contributed by atoms with E-state index in [9.17, 15) is 4.79 Å². The molecular formula is C21H25N5OS. The summed E-state index contributed by atoms with van der Waals surface area (Å²) in [4.78, 5) is 16.8. The molecule has 0 aliphatic rings. The highest BCUT2D eigenvalue weighted by atomic mass is 32.2. The second kappa shape index (κ2) is 8.56. The Bertz CT molecular complexity index is 968. The molecule has 2 heterocycles. The first-order valence-electron chi connectivity index (χ1n) is 9.28. The van der Waals surface area contributed by atoms with Crippen molar-refractivity contribution in [3.8, 4) is 17.2 Å². The second-order valence-corrected chi connectivity index (χ2v) is 8.38. The Balaban J connectivity index is 2.06. The van der Waals surface area contributed by atoms with E-state index in [1.165, 1.54) is 17.3 Å². The number of carbonyl (C=O) groups excluding carboxylic acids is 1. The van der Waals surface area contributed by atoms with E-state index in [1.54, 1.807) is 6.20 Å². The first-order chi connectivity index (χ1) is 13.4. The van der Waals surface area contributed by atoms with Crippen LogP contribution in [0.25, 0.3) is 17.2 Å². The number of hydrogen-bond donors (Lipinski definition) is 1. The van der Waals surface area contributed by atoms with Crippen molar-refractivity contribution in [2.24, 2.45) is 0 Å². The molecule has 0 radical (unpaired) electrons. The van der Waals surface area contributed by atoms with Gasteiger partial charge >= 0.3 is 0 Å². The van der Waals surface area contributed by atoms with Gasteiger partial charge in [-0.2, -0.15) is 0 Å². The Kier molecular flexibility index (Phi) is 6.14. The number of thioether (sulfide) groups is 1. The Morgan fingerprint density at radius 3 is 2.54 bits per heavy atom. The van der Waals surface area contributed by atoms with Crippen LogP contribution in [0.1, 0.15) is 31.9 Å². The predicted molar refractivity (Wildman–Crippen MR) is 113 cm³/mol. The number of aromatic nitrogens is 4. The maximum atomic E-state index is 12.4. The van der Waals surface area contributed by atoms with Gasteiger partial charge in [-0.3, -0.25) is 14.3 Å². The van der Waals surface area contributed by atoms with Gasteiger partial charge in [-0.15, -0.1) is 10.2 Å². The summed E-state index contributed by atoms with van der Waals surface area (Å²) in [5.74, 6) is 0.640. The van der Waals surface area contributed by atoms with Crippen LogP contribution in [0.2, 0.25) is 0 Å². The zero-order valence-corrected chi connectivity index (χ0v) is 17.6. The van der Waals surface area contributed by atoms with E-state index in [1.807, 2.05) is 43.5 Å². The molecule has 0 unspecified atom stereocenters. The number of pyridine rings is 1. The maximum Gasteiger partial charge on any atom is 0.233 e. The molecule has 0 fully saturated rings. The Morgan fingerprint density at radius 2 is 1.89 bits per heavy atom. The molecule has 6 nitrogen and oxygen atoms in total. The number of nitrogens with one attached hydrogen (secondary N) is 1. The molecule has 146 valence electrons.